The molecule has 0 saturated heterocycles. The lowest BCUT2D eigenvalue weighted by molar-refractivity contribution is 0.310. The molecule has 2 N–H and O–H groups in total. The summed E-state index contributed by atoms with van der Waals surface area (Å²) >= 11 is 7.68. The molecule has 4 heteroatoms. The topological polar surface area (TPSA) is 35.2 Å². The Morgan fingerprint density at radius 3 is 2.80 bits per heavy atom. The third-order valence-corrected chi connectivity index (χ3v) is 4.37. The summed E-state index contributed by atoms with van der Waals surface area (Å²) in [6.07, 6.45) is 0. The number of hydrogen-bond donors (Lipinski definition) is 1. The fraction of sp³-hybridized carbons (Fsp3) is 0.125. The van der Waals surface area contributed by atoms with Gasteiger partial charge in [0.05, 0.1) is 0 Å². The van der Waals surface area contributed by atoms with E-state index >= 15 is 0 Å². The molecular weight excluding hydrogens is 290 g/mol. The zero-order valence-corrected chi connectivity index (χ0v) is 12.4. The van der Waals surface area contributed by atoms with Gasteiger partial charge in [-0.3, -0.25) is 0 Å². The summed E-state index contributed by atoms with van der Waals surface area (Å²) in [5, 5.41) is 1.91. The molecule has 102 valence electrons. The first-order chi connectivity index (χ1) is 9.74. The summed E-state index contributed by atoms with van der Waals surface area (Å²) in [7, 11) is 0. The van der Waals surface area contributed by atoms with Gasteiger partial charge in [-0.05, 0) is 47.3 Å². The lowest BCUT2D eigenvalue weighted by Gasteiger charge is -2.04. The second-order valence-corrected chi connectivity index (χ2v) is 6.14. The molecule has 0 spiro atoms. The molecule has 0 fully saturated rings. The predicted octanol–water partition coefficient (Wildman–Crippen LogP) is 4.59. The maximum atomic E-state index is 5.93. The Kier molecular flexibility index (Phi) is 3.92. The van der Waals surface area contributed by atoms with Gasteiger partial charge in [-0.1, -0.05) is 23.7 Å². The fourth-order valence-corrected chi connectivity index (χ4v) is 3.20. The standard InChI is InChI=1S/C16H14ClNOS/c17-13-2-1-3-14(8-13)19-10-15-7-12-6-11(9-18)4-5-16(12)20-15/h1-8H,9-10,18H2. The number of thiophene rings is 1. The minimum atomic E-state index is 0.553. The summed E-state index contributed by atoms with van der Waals surface area (Å²) in [5.74, 6) is 0.789. The number of rotatable bonds is 4. The second kappa shape index (κ2) is 5.83. The molecule has 0 saturated carbocycles. The molecule has 0 unspecified atom stereocenters. The Hall–Kier alpha value is -1.55. The van der Waals surface area contributed by atoms with E-state index in [9.17, 15) is 0 Å². The Morgan fingerprint density at radius 1 is 1.10 bits per heavy atom. The Bertz CT molecular complexity index is 738. The first-order valence-corrected chi connectivity index (χ1v) is 7.54. The van der Waals surface area contributed by atoms with Gasteiger partial charge in [0.15, 0.2) is 0 Å². The van der Waals surface area contributed by atoms with Crippen molar-refractivity contribution in [3.05, 3.63) is 64.0 Å². The number of hydrogen-bond acceptors (Lipinski definition) is 3. The van der Waals surface area contributed by atoms with E-state index in [-0.39, 0.29) is 0 Å². The summed E-state index contributed by atoms with van der Waals surface area (Å²) in [5.41, 5.74) is 6.81. The number of fused-ring (bicyclic) bond motifs is 1. The van der Waals surface area contributed by atoms with Gasteiger partial charge >= 0.3 is 0 Å². The lowest BCUT2D eigenvalue weighted by Crippen LogP contribution is -1.94. The number of ether oxygens (including phenoxy) is 1. The van der Waals surface area contributed by atoms with Crippen molar-refractivity contribution >= 4 is 33.0 Å². The molecule has 2 aromatic carbocycles. The summed E-state index contributed by atoms with van der Waals surface area (Å²) in [6, 6.07) is 15.9. The third-order valence-electron chi connectivity index (χ3n) is 3.04. The van der Waals surface area contributed by atoms with Crippen molar-refractivity contribution in [1.29, 1.82) is 0 Å². The zero-order valence-electron chi connectivity index (χ0n) is 10.8. The highest BCUT2D eigenvalue weighted by atomic mass is 35.5. The van der Waals surface area contributed by atoms with Crippen molar-refractivity contribution in [1.82, 2.24) is 0 Å². The Balaban J connectivity index is 1.77. The van der Waals surface area contributed by atoms with E-state index in [0.29, 0.717) is 18.2 Å². The van der Waals surface area contributed by atoms with Crippen LogP contribution >= 0.6 is 22.9 Å². The molecule has 1 aromatic heterocycles. The highest BCUT2D eigenvalue weighted by Crippen LogP contribution is 2.28. The van der Waals surface area contributed by atoms with Crippen molar-refractivity contribution in [2.45, 2.75) is 13.2 Å². The number of nitrogens with two attached hydrogens (primary N) is 1. The maximum absolute atomic E-state index is 5.93. The smallest absolute Gasteiger partial charge is 0.122 e. The van der Waals surface area contributed by atoms with E-state index < -0.39 is 0 Å². The molecule has 3 aromatic rings. The summed E-state index contributed by atoms with van der Waals surface area (Å²) in [6.45, 7) is 1.12. The molecule has 0 radical (unpaired) electrons. The maximum Gasteiger partial charge on any atom is 0.122 e. The van der Waals surface area contributed by atoms with E-state index in [2.05, 4.69) is 24.3 Å². The minimum absolute atomic E-state index is 0.553. The van der Waals surface area contributed by atoms with E-state index in [1.807, 2.05) is 24.3 Å². The second-order valence-electron chi connectivity index (χ2n) is 4.54. The van der Waals surface area contributed by atoms with Gasteiger partial charge in [-0.2, -0.15) is 0 Å². The SMILES string of the molecule is NCc1ccc2sc(COc3cccc(Cl)c3)cc2c1. The van der Waals surface area contributed by atoms with Crippen molar-refractivity contribution in [3.8, 4) is 5.75 Å². The van der Waals surface area contributed by atoms with Crippen LogP contribution in [-0.2, 0) is 13.2 Å². The first kappa shape index (κ1) is 13.4. The zero-order chi connectivity index (χ0) is 13.9. The molecule has 1 heterocycles. The lowest BCUT2D eigenvalue weighted by atomic mass is 10.1. The van der Waals surface area contributed by atoms with Crippen LogP contribution in [0.5, 0.6) is 5.75 Å². The Labute approximate surface area is 126 Å². The van der Waals surface area contributed by atoms with Crippen LogP contribution in [0.15, 0.2) is 48.5 Å². The van der Waals surface area contributed by atoms with Gasteiger partial charge in [0, 0.05) is 21.1 Å². The Morgan fingerprint density at radius 2 is 2.00 bits per heavy atom. The van der Waals surface area contributed by atoms with Gasteiger partial charge < -0.3 is 10.5 Å². The molecular formula is C16H14ClNOS. The van der Waals surface area contributed by atoms with Gasteiger partial charge in [0.2, 0.25) is 0 Å². The average Bonchev–Trinajstić information content (AvgIpc) is 2.87. The molecule has 0 aliphatic rings. The average molecular weight is 304 g/mol. The highest BCUT2D eigenvalue weighted by molar-refractivity contribution is 7.19. The summed E-state index contributed by atoms with van der Waals surface area (Å²) in [4.78, 5) is 1.19. The quantitative estimate of drug-likeness (QED) is 0.765. The molecule has 3 rings (SSSR count). The molecule has 2 nitrogen and oxygen atoms in total. The first-order valence-electron chi connectivity index (χ1n) is 6.34. The molecule has 0 atom stereocenters. The van der Waals surface area contributed by atoms with Crippen LogP contribution in [0.25, 0.3) is 10.1 Å². The van der Waals surface area contributed by atoms with Crippen LogP contribution in [0.1, 0.15) is 10.4 Å². The van der Waals surface area contributed by atoms with Gasteiger partial charge in [0.1, 0.15) is 12.4 Å². The number of halogens is 1. The third kappa shape index (κ3) is 2.96. The van der Waals surface area contributed by atoms with Crippen LogP contribution in [-0.4, -0.2) is 0 Å². The molecule has 0 bridgehead atoms. The van der Waals surface area contributed by atoms with Crippen LogP contribution in [0, 0.1) is 0 Å². The van der Waals surface area contributed by atoms with Gasteiger partial charge in [-0.25, -0.2) is 0 Å². The van der Waals surface area contributed by atoms with E-state index in [4.69, 9.17) is 22.1 Å². The van der Waals surface area contributed by atoms with Crippen LogP contribution in [0.4, 0.5) is 0 Å². The van der Waals surface area contributed by atoms with Crippen molar-refractivity contribution in [2.75, 3.05) is 0 Å². The molecule has 0 aliphatic heterocycles. The van der Waals surface area contributed by atoms with E-state index in [1.54, 1.807) is 11.3 Å². The highest BCUT2D eigenvalue weighted by Gasteiger charge is 2.04. The molecule has 0 aliphatic carbocycles. The predicted molar refractivity (Wildman–Crippen MR) is 85.5 cm³/mol. The van der Waals surface area contributed by atoms with E-state index in [0.717, 1.165) is 11.3 Å². The molecule has 0 amide bonds. The van der Waals surface area contributed by atoms with E-state index in [1.165, 1.54) is 15.0 Å². The van der Waals surface area contributed by atoms with Crippen molar-refractivity contribution < 1.29 is 4.74 Å². The monoisotopic (exact) mass is 303 g/mol. The van der Waals surface area contributed by atoms with Gasteiger partial charge in [-0.15, -0.1) is 11.3 Å². The van der Waals surface area contributed by atoms with Crippen molar-refractivity contribution in [3.63, 3.8) is 0 Å². The summed E-state index contributed by atoms with van der Waals surface area (Å²) < 4.78 is 7.02. The fourth-order valence-electron chi connectivity index (χ4n) is 2.06. The number of benzene rings is 2. The largest absolute Gasteiger partial charge is 0.488 e. The van der Waals surface area contributed by atoms with Crippen molar-refractivity contribution in [2.24, 2.45) is 5.73 Å². The molecule has 20 heavy (non-hydrogen) atoms. The van der Waals surface area contributed by atoms with Gasteiger partial charge in [0.25, 0.3) is 0 Å². The van der Waals surface area contributed by atoms with Crippen LogP contribution in [0.2, 0.25) is 5.02 Å². The van der Waals surface area contributed by atoms with Crippen LogP contribution < -0.4 is 10.5 Å². The van der Waals surface area contributed by atoms with Crippen LogP contribution in [0.3, 0.4) is 0 Å². The minimum Gasteiger partial charge on any atom is -0.488 e. The normalized spacial score (nSPS) is 10.9.